The van der Waals surface area contributed by atoms with Crippen molar-refractivity contribution in [1.82, 2.24) is 0 Å². The summed E-state index contributed by atoms with van der Waals surface area (Å²) in [6.45, 7) is 0. The van der Waals surface area contributed by atoms with Crippen molar-refractivity contribution in [3.05, 3.63) is 175 Å². The second-order valence-corrected chi connectivity index (χ2v) is 16.5. The SMILES string of the molecule is c1ccc(-c2ccccc2N(c2ccc(-c3ccc4oc5ccccc5c4c3)cc2)c2cccc3c2-c2ccccc2C32C3CC4CC(C3)CC2C4)cc1. The number of rotatable bonds is 5. The lowest BCUT2D eigenvalue weighted by atomic mass is 9.43. The van der Waals surface area contributed by atoms with Crippen molar-refractivity contribution >= 4 is 39.0 Å². The molecule has 1 aromatic heterocycles. The van der Waals surface area contributed by atoms with Crippen LogP contribution in [0.3, 0.4) is 0 Å². The summed E-state index contributed by atoms with van der Waals surface area (Å²) in [7, 11) is 0. The molecule has 0 radical (unpaired) electrons. The molecule has 5 aliphatic rings. The van der Waals surface area contributed by atoms with Crippen LogP contribution in [0, 0.1) is 23.7 Å². The maximum atomic E-state index is 6.17. The summed E-state index contributed by atoms with van der Waals surface area (Å²) in [6.07, 6.45) is 6.99. The normalized spacial score (nSPS) is 23.3. The predicted octanol–water partition coefficient (Wildman–Crippen LogP) is 14.1. The van der Waals surface area contributed by atoms with Crippen molar-refractivity contribution in [2.45, 2.75) is 37.5 Å². The summed E-state index contributed by atoms with van der Waals surface area (Å²) < 4.78 is 6.17. The molecule has 0 N–H and O–H groups in total. The highest BCUT2D eigenvalue weighted by Gasteiger charge is 2.61. The van der Waals surface area contributed by atoms with E-state index in [1.165, 1.54) is 76.9 Å². The topological polar surface area (TPSA) is 16.4 Å². The smallest absolute Gasteiger partial charge is 0.135 e. The number of hydrogen-bond donors (Lipinski definition) is 0. The van der Waals surface area contributed by atoms with E-state index in [0.717, 1.165) is 51.3 Å². The molecule has 1 heterocycles. The van der Waals surface area contributed by atoms with Crippen LogP contribution in [0.15, 0.2) is 168 Å². The minimum atomic E-state index is 0.111. The number of benzene rings is 7. The molecule has 0 unspecified atom stereocenters. The van der Waals surface area contributed by atoms with Crippen molar-refractivity contribution in [2.24, 2.45) is 23.7 Å². The van der Waals surface area contributed by atoms with Crippen molar-refractivity contribution in [3.8, 4) is 33.4 Å². The Labute approximate surface area is 316 Å². The van der Waals surface area contributed by atoms with E-state index in [9.17, 15) is 0 Å². The van der Waals surface area contributed by atoms with Crippen LogP contribution in [-0.4, -0.2) is 0 Å². The monoisotopic (exact) mass is 695 g/mol. The molecule has 260 valence electrons. The second-order valence-electron chi connectivity index (χ2n) is 16.5. The van der Waals surface area contributed by atoms with Crippen LogP contribution in [0.4, 0.5) is 17.1 Å². The third kappa shape index (κ3) is 4.28. The number of furan rings is 1. The van der Waals surface area contributed by atoms with Crippen LogP contribution in [0.25, 0.3) is 55.3 Å². The van der Waals surface area contributed by atoms with Crippen LogP contribution < -0.4 is 4.90 Å². The van der Waals surface area contributed by atoms with Crippen molar-refractivity contribution in [3.63, 3.8) is 0 Å². The Morgan fingerprint density at radius 2 is 1.07 bits per heavy atom. The maximum absolute atomic E-state index is 6.17. The van der Waals surface area contributed by atoms with E-state index < -0.39 is 0 Å². The van der Waals surface area contributed by atoms with Gasteiger partial charge in [0.25, 0.3) is 0 Å². The van der Waals surface area contributed by atoms with Gasteiger partial charge >= 0.3 is 0 Å². The number of nitrogens with zero attached hydrogens (tertiary/aromatic N) is 1. The molecule has 2 nitrogen and oxygen atoms in total. The Balaban J connectivity index is 1.06. The summed E-state index contributed by atoms with van der Waals surface area (Å²) >= 11 is 0. The predicted molar refractivity (Wildman–Crippen MR) is 223 cm³/mol. The van der Waals surface area contributed by atoms with Gasteiger partial charge in [-0.3, -0.25) is 0 Å². The first-order chi connectivity index (χ1) is 26.7. The van der Waals surface area contributed by atoms with E-state index in [0.29, 0.717) is 0 Å². The Morgan fingerprint density at radius 3 is 1.89 bits per heavy atom. The molecule has 0 amide bonds. The van der Waals surface area contributed by atoms with Crippen LogP contribution in [0.2, 0.25) is 0 Å². The lowest BCUT2D eigenvalue weighted by molar-refractivity contribution is -0.0399. The van der Waals surface area contributed by atoms with Gasteiger partial charge in [-0.15, -0.1) is 0 Å². The van der Waals surface area contributed by atoms with Gasteiger partial charge in [-0.2, -0.15) is 0 Å². The van der Waals surface area contributed by atoms with Crippen LogP contribution in [0.5, 0.6) is 0 Å². The van der Waals surface area contributed by atoms with Crippen molar-refractivity contribution < 1.29 is 4.42 Å². The number of para-hydroxylation sites is 2. The van der Waals surface area contributed by atoms with Gasteiger partial charge < -0.3 is 9.32 Å². The standard InChI is InChI=1S/C52H41NO/c1-2-11-36(12-3-1)41-13-5-8-18-47(41)53(40-24-21-35(22-25-40)37-23-26-50-44(32-37)42-14-6-9-20-49(42)54-50)48-19-10-17-46-51(48)43-15-4-7-16-45(43)52(46)38-28-33-27-34(30-38)31-39(52)29-33/h1-26,32-34,38-39H,27-31H2. The molecular weight excluding hydrogens is 655 g/mol. The van der Waals surface area contributed by atoms with Gasteiger partial charge in [0.05, 0.1) is 11.4 Å². The maximum Gasteiger partial charge on any atom is 0.135 e. The Bertz CT molecular complexity index is 2710. The van der Waals surface area contributed by atoms with Gasteiger partial charge in [0.1, 0.15) is 11.2 Å². The molecule has 54 heavy (non-hydrogen) atoms. The van der Waals surface area contributed by atoms with E-state index in [-0.39, 0.29) is 5.41 Å². The average Bonchev–Trinajstić information content (AvgIpc) is 3.74. The fraction of sp³-hybridized carbons (Fsp3) is 0.192. The zero-order chi connectivity index (χ0) is 35.4. The minimum absolute atomic E-state index is 0.111. The third-order valence-electron chi connectivity index (χ3n) is 13.9. The number of hydrogen-bond acceptors (Lipinski definition) is 2. The van der Waals surface area contributed by atoms with Gasteiger partial charge in [0.2, 0.25) is 0 Å². The van der Waals surface area contributed by atoms with E-state index in [1.54, 1.807) is 11.1 Å². The Kier molecular flexibility index (Phi) is 6.55. The number of fused-ring (bicyclic) bond motifs is 6. The highest BCUT2D eigenvalue weighted by molar-refractivity contribution is 6.06. The number of anilines is 3. The minimum Gasteiger partial charge on any atom is -0.456 e. The lowest BCUT2D eigenvalue weighted by Crippen LogP contribution is -2.55. The van der Waals surface area contributed by atoms with Gasteiger partial charge in [-0.05, 0) is 132 Å². The van der Waals surface area contributed by atoms with E-state index in [4.69, 9.17) is 4.42 Å². The van der Waals surface area contributed by atoms with Crippen molar-refractivity contribution in [1.29, 1.82) is 0 Å². The average molecular weight is 696 g/mol. The van der Waals surface area contributed by atoms with Gasteiger partial charge in [0, 0.05) is 33.0 Å². The quantitative estimate of drug-likeness (QED) is 0.178. The highest BCUT2D eigenvalue weighted by Crippen LogP contribution is 2.70. The molecule has 2 heteroatoms. The van der Waals surface area contributed by atoms with E-state index in [1.807, 2.05) is 6.07 Å². The van der Waals surface area contributed by atoms with Crippen LogP contribution >= 0.6 is 0 Å². The summed E-state index contributed by atoms with van der Waals surface area (Å²) in [5.74, 6) is 3.28. The first-order valence-corrected chi connectivity index (χ1v) is 19.9. The van der Waals surface area contributed by atoms with Crippen LogP contribution in [-0.2, 0) is 5.41 Å². The molecule has 13 rings (SSSR count). The van der Waals surface area contributed by atoms with E-state index in [2.05, 4.69) is 163 Å². The largest absolute Gasteiger partial charge is 0.456 e. The Morgan fingerprint density at radius 1 is 0.444 bits per heavy atom. The van der Waals surface area contributed by atoms with Gasteiger partial charge in [-0.1, -0.05) is 121 Å². The van der Waals surface area contributed by atoms with Gasteiger partial charge in [0.15, 0.2) is 0 Å². The third-order valence-corrected chi connectivity index (χ3v) is 13.9. The second kappa shape index (κ2) is 11.6. The zero-order valence-electron chi connectivity index (χ0n) is 30.3. The molecule has 7 aromatic carbocycles. The first-order valence-electron chi connectivity index (χ1n) is 19.9. The van der Waals surface area contributed by atoms with E-state index >= 15 is 0 Å². The van der Waals surface area contributed by atoms with Crippen molar-refractivity contribution in [2.75, 3.05) is 4.90 Å². The summed E-state index contributed by atoms with van der Waals surface area (Å²) in [5, 5.41) is 2.31. The molecule has 0 atom stereocenters. The lowest BCUT2D eigenvalue weighted by Gasteiger charge is -2.61. The summed E-state index contributed by atoms with van der Waals surface area (Å²) in [6, 6.07) is 60.8. The fourth-order valence-electron chi connectivity index (χ4n) is 12.0. The Hall–Kier alpha value is -5.86. The molecule has 4 fully saturated rings. The molecule has 4 bridgehead atoms. The fourth-order valence-corrected chi connectivity index (χ4v) is 12.0. The first kappa shape index (κ1) is 30.6. The molecule has 5 aliphatic carbocycles. The zero-order valence-corrected chi connectivity index (χ0v) is 30.3. The molecule has 0 saturated heterocycles. The molecule has 4 saturated carbocycles. The highest BCUT2D eigenvalue weighted by atomic mass is 16.3. The summed E-state index contributed by atoms with van der Waals surface area (Å²) in [5.41, 5.74) is 16.5. The van der Waals surface area contributed by atoms with Gasteiger partial charge in [-0.25, -0.2) is 0 Å². The molecule has 0 aliphatic heterocycles. The molecule has 1 spiro atoms. The summed E-state index contributed by atoms with van der Waals surface area (Å²) in [4.78, 5) is 2.56. The van der Waals surface area contributed by atoms with Crippen LogP contribution in [0.1, 0.15) is 43.2 Å². The molecular formula is C52H41NO. The molecule has 8 aromatic rings.